The van der Waals surface area contributed by atoms with E-state index in [-0.39, 0.29) is 0 Å². The predicted molar refractivity (Wildman–Crippen MR) is 75.5 cm³/mol. The topological polar surface area (TPSA) is 35.2 Å². The van der Waals surface area contributed by atoms with Crippen LogP contribution in [0, 0.1) is 5.82 Å². The van der Waals surface area contributed by atoms with Crippen LogP contribution in [0.3, 0.4) is 0 Å². The molecule has 2 aromatic rings. The van der Waals surface area contributed by atoms with E-state index < -0.39 is 11.9 Å². The van der Waals surface area contributed by atoms with E-state index in [0.717, 1.165) is 0 Å². The third-order valence-corrected chi connectivity index (χ3v) is 3.11. The van der Waals surface area contributed by atoms with E-state index in [9.17, 15) is 4.39 Å². The molecule has 2 nitrogen and oxygen atoms in total. The molecule has 1 atom stereocenters. The number of halogens is 3. The van der Waals surface area contributed by atoms with Gasteiger partial charge in [-0.05, 0) is 37.3 Å². The Hall–Kier alpha value is -1.29. The second-order valence-corrected chi connectivity index (χ2v) is 4.96. The number of ether oxygens (including phenoxy) is 1. The highest BCUT2D eigenvalue weighted by Gasteiger charge is 2.15. The van der Waals surface area contributed by atoms with E-state index in [1.807, 2.05) is 0 Å². The van der Waals surface area contributed by atoms with Crippen LogP contribution >= 0.6 is 23.2 Å². The maximum absolute atomic E-state index is 13.8. The Bertz CT molecular complexity index is 602. The van der Waals surface area contributed by atoms with E-state index in [4.69, 9.17) is 33.7 Å². The molecule has 0 saturated heterocycles. The van der Waals surface area contributed by atoms with E-state index in [1.165, 1.54) is 6.07 Å². The first-order valence-corrected chi connectivity index (χ1v) is 6.41. The van der Waals surface area contributed by atoms with Gasteiger partial charge in [-0.25, -0.2) is 4.39 Å². The zero-order valence-corrected chi connectivity index (χ0v) is 11.7. The van der Waals surface area contributed by atoms with Crippen LogP contribution in [0.5, 0.6) is 11.5 Å². The first-order valence-electron chi connectivity index (χ1n) is 5.66. The highest BCUT2D eigenvalue weighted by molar-refractivity contribution is 6.35. The summed E-state index contributed by atoms with van der Waals surface area (Å²) in [4.78, 5) is 0. The Balaban J connectivity index is 2.41. The van der Waals surface area contributed by atoms with Gasteiger partial charge < -0.3 is 10.5 Å². The van der Waals surface area contributed by atoms with Crippen molar-refractivity contribution in [3.63, 3.8) is 0 Å². The fourth-order valence-electron chi connectivity index (χ4n) is 1.72. The second-order valence-electron chi connectivity index (χ2n) is 4.12. The third kappa shape index (κ3) is 3.18. The lowest BCUT2D eigenvalue weighted by Crippen LogP contribution is -2.09. The maximum atomic E-state index is 13.8. The van der Waals surface area contributed by atoms with Crippen LogP contribution in [-0.2, 0) is 0 Å². The normalized spacial score (nSPS) is 12.3. The van der Waals surface area contributed by atoms with Crippen LogP contribution in [0.15, 0.2) is 36.4 Å². The van der Waals surface area contributed by atoms with Crippen molar-refractivity contribution in [2.24, 2.45) is 5.73 Å². The summed E-state index contributed by atoms with van der Waals surface area (Å²) < 4.78 is 19.4. The van der Waals surface area contributed by atoms with Gasteiger partial charge in [-0.15, -0.1) is 0 Å². The van der Waals surface area contributed by atoms with E-state index in [0.29, 0.717) is 27.1 Å². The fraction of sp³-hybridized carbons (Fsp3) is 0.143. The van der Waals surface area contributed by atoms with E-state index in [1.54, 1.807) is 37.3 Å². The van der Waals surface area contributed by atoms with Gasteiger partial charge in [0.2, 0.25) is 0 Å². The van der Waals surface area contributed by atoms with Crippen LogP contribution in [0.25, 0.3) is 0 Å². The molecule has 100 valence electrons. The van der Waals surface area contributed by atoms with Gasteiger partial charge in [0.15, 0.2) is 0 Å². The van der Waals surface area contributed by atoms with Crippen LogP contribution in [0.2, 0.25) is 10.0 Å². The predicted octanol–water partition coefficient (Wildman–Crippen LogP) is 4.94. The molecule has 0 aliphatic heterocycles. The summed E-state index contributed by atoms with van der Waals surface area (Å²) in [6.45, 7) is 1.69. The molecule has 0 spiro atoms. The average Bonchev–Trinajstić information content (AvgIpc) is 2.32. The molecule has 2 rings (SSSR count). The number of nitrogens with two attached hydrogens (primary N) is 1. The molecule has 2 N–H and O–H groups in total. The molecule has 0 bridgehead atoms. The summed E-state index contributed by atoms with van der Waals surface area (Å²) in [6, 6.07) is 8.89. The van der Waals surface area contributed by atoms with Crippen LogP contribution in [0.1, 0.15) is 18.5 Å². The Morgan fingerprint density at radius 1 is 1.16 bits per heavy atom. The molecule has 0 aromatic heterocycles. The summed E-state index contributed by atoms with van der Waals surface area (Å²) in [6.07, 6.45) is 0. The molecule has 0 aliphatic rings. The van der Waals surface area contributed by atoms with Gasteiger partial charge in [0, 0.05) is 16.6 Å². The molecule has 0 unspecified atom stereocenters. The lowest BCUT2D eigenvalue weighted by molar-refractivity contribution is 0.461. The summed E-state index contributed by atoms with van der Waals surface area (Å²) >= 11 is 11.8. The van der Waals surface area contributed by atoms with Crippen LogP contribution in [0.4, 0.5) is 4.39 Å². The van der Waals surface area contributed by atoms with Crippen molar-refractivity contribution in [1.29, 1.82) is 0 Å². The highest BCUT2D eigenvalue weighted by atomic mass is 35.5. The van der Waals surface area contributed by atoms with Gasteiger partial charge in [0.05, 0.1) is 5.02 Å². The minimum atomic E-state index is -0.484. The minimum absolute atomic E-state index is 0.313. The second kappa shape index (κ2) is 5.78. The van der Waals surface area contributed by atoms with Gasteiger partial charge >= 0.3 is 0 Å². The van der Waals surface area contributed by atoms with Crippen molar-refractivity contribution in [3.05, 3.63) is 57.8 Å². The SMILES string of the molecule is C[C@@H](N)c1c(F)cccc1Oc1ccc(Cl)cc1Cl. The number of rotatable bonds is 3. The summed E-state index contributed by atoms with van der Waals surface area (Å²) in [5.74, 6) is 0.343. The summed E-state index contributed by atoms with van der Waals surface area (Å²) in [5, 5.41) is 0.858. The third-order valence-electron chi connectivity index (χ3n) is 2.58. The molecule has 0 aliphatic carbocycles. The Morgan fingerprint density at radius 2 is 1.89 bits per heavy atom. The Labute approximate surface area is 120 Å². The number of benzene rings is 2. The number of hydrogen-bond acceptors (Lipinski definition) is 2. The lowest BCUT2D eigenvalue weighted by atomic mass is 10.1. The van der Waals surface area contributed by atoms with Gasteiger partial charge in [0.1, 0.15) is 17.3 Å². The molecule has 0 radical (unpaired) electrons. The van der Waals surface area contributed by atoms with Crippen LogP contribution in [-0.4, -0.2) is 0 Å². The maximum Gasteiger partial charge on any atom is 0.146 e. The zero-order valence-electron chi connectivity index (χ0n) is 10.2. The summed E-state index contributed by atoms with van der Waals surface area (Å²) in [7, 11) is 0. The zero-order chi connectivity index (χ0) is 14.0. The molecule has 5 heteroatoms. The molecule has 0 heterocycles. The first kappa shape index (κ1) is 14.1. The van der Waals surface area contributed by atoms with Crippen molar-refractivity contribution in [3.8, 4) is 11.5 Å². The first-order chi connectivity index (χ1) is 8.99. The largest absolute Gasteiger partial charge is 0.455 e. The molecule has 19 heavy (non-hydrogen) atoms. The molecular weight excluding hydrogens is 288 g/mol. The highest BCUT2D eigenvalue weighted by Crippen LogP contribution is 2.35. The van der Waals surface area contributed by atoms with Crippen molar-refractivity contribution in [1.82, 2.24) is 0 Å². The average molecular weight is 300 g/mol. The molecule has 0 fully saturated rings. The lowest BCUT2D eigenvalue weighted by Gasteiger charge is -2.15. The van der Waals surface area contributed by atoms with E-state index >= 15 is 0 Å². The number of hydrogen-bond donors (Lipinski definition) is 1. The summed E-state index contributed by atoms with van der Waals surface area (Å²) in [5.41, 5.74) is 6.07. The van der Waals surface area contributed by atoms with Crippen molar-refractivity contribution >= 4 is 23.2 Å². The molecule has 0 saturated carbocycles. The van der Waals surface area contributed by atoms with Crippen molar-refractivity contribution < 1.29 is 9.13 Å². The van der Waals surface area contributed by atoms with Crippen LogP contribution < -0.4 is 10.5 Å². The van der Waals surface area contributed by atoms with Gasteiger partial charge in [-0.1, -0.05) is 29.3 Å². The van der Waals surface area contributed by atoms with Gasteiger partial charge in [-0.3, -0.25) is 0 Å². The van der Waals surface area contributed by atoms with Crippen molar-refractivity contribution in [2.75, 3.05) is 0 Å². The fourth-order valence-corrected chi connectivity index (χ4v) is 2.17. The Morgan fingerprint density at radius 3 is 2.53 bits per heavy atom. The smallest absolute Gasteiger partial charge is 0.146 e. The molecule has 0 amide bonds. The van der Waals surface area contributed by atoms with Gasteiger partial charge in [0.25, 0.3) is 0 Å². The standard InChI is InChI=1S/C14H12Cl2FNO/c1-8(18)14-11(17)3-2-4-13(14)19-12-6-5-9(15)7-10(12)16/h2-8H,18H2,1H3/t8-/m1/s1. The van der Waals surface area contributed by atoms with Crippen molar-refractivity contribution in [2.45, 2.75) is 13.0 Å². The van der Waals surface area contributed by atoms with Gasteiger partial charge in [-0.2, -0.15) is 0 Å². The minimum Gasteiger partial charge on any atom is -0.455 e. The van der Waals surface area contributed by atoms with E-state index in [2.05, 4.69) is 0 Å². The molecular formula is C14H12Cl2FNO. The monoisotopic (exact) mass is 299 g/mol. The molecule has 2 aromatic carbocycles. The quantitative estimate of drug-likeness (QED) is 0.871. The Kier molecular flexibility index (Phi) is 4.30.